The zero-order chi connectivity index (χ0) is 15.2. The van der Waals surface area contributed by atoms with Crippen LogP contribution in [0, 0.1) is 0 Å². The largest absolute Gasteiger partial charge is 0.493 e. The summed E-state index contributed by atoms with van der Waals surface area (Å²) in [5, 5.41) is 0. The second-order valence-corrected chi connectivity index (χ2v) is 4.47. The van der Waals surface area contributed by atoms with E-state index in [2.05, 4.69) is 4.84 Å². The molecule has 5 nitrogen and oxygen atoms in total. The molecule has 2 rings (SSSR count). The Morgan fingerprint density at radius 1 is 0.952 bits per heavy atom. The van der Waals surface area contributed by atoms with Crippen LogP contribution in [0.1, 0.15) is 21.5 Å². The fraction of sp³-hybridized carbons (Fsp3) is 0.188. The molecular weight excluding hydrogens is 270 g/mol. The maximum Gasteiger partial charge on any atom is 0.356 e. The maximum atomic E-state index is 11.3. The Balaban J connectivity index is 2.16. The molecule has 0 spiro atoms. The van der Waals surface area contributed by atoms with Gasteiger partial charge in [0, 0.05) is 0 Å². The Kier molecular flexibility index (Phi) is 4.79. The number of hydrogen-bond donors (Lipinski definition) is 1. The van der Waals surface area contributed by atoms with E-state index in [1.54, 1.807) is 26.4 Å². The molecule has 0 saturated carbocycles. The predicted molar refractivity (Wildman–Crippen MR) is 78.4 cm³/mol. The average Bonchev–Trinajstić information content (AvgIpc) is 2.54. The van der Waals surface area contributed by atoms with Gasteiger partial charge in [-0.2, -0.15) is 5.90 Å². The zero-order valence-corrected chi connectivity index (χ0v) is 12.0. The predicted octanol–water partition coefficient (Wildman–Crippen LogP) is 2.33. The average molecular weight is 287 g/mol. The molecule has 0 saturated heterocycles. The van der Waals surface area contributed by atoms with Crippen molar-refractivity contribution in [2.75, 3.05) is 14.2 Å². The standard InChI is InChI=1S/C16H17NO4/c1-19-14-8-5-12(10-15(14)20-2)9-11-3-6-13(7-4-11)16(18)21-17/h3-8,10H,9,17H2,1-2H3. The number of carbonyl (C=O) groups is 1. The van der Waals surface area contributed by atoms with Crippen molar-refractivity contribution < 1.29 is 19.1 Å². The summed E-state index contributed by atoms with van der Waals surface area (Å²) in [6.45, 7) is 0. The van der Waals surface area contributed by atoms with Gasteiger partial charge in [0.15, 0.2) is 11.5 Å². The summed E-state index contributed by atoms with van der Waals surface area (Å²) in [6.07, 6.45) is 0.721. The molecule has 2 aromatic carbocycles. The summed E-state index contributed by atoms with van der Waals surface area (Å²) >= 11 is 0. The van der Waals surface area contributed by atoms with Crippen LogP contribution in [-0.4, -0.2) is 20.2 Å². The summed E-state index contributed by atoms with van der Waals surface area (Å²) in [5.74, 6) is 5.69. The first-order valence-electron chi connectivity index (χ1n) is 6.39. The third-order valence-corrected chi connectivity index (χ3v) is 3.15. The van der Waals surface area contributed by atoms with E-state index in [1.807, 2.05) is 30.3 Å². The number of rotatable bonds is 5. The fourth-order valence-corrected chi connectivity index (χ4v) is 2.05. The Bertz CT molecular complexity index is 623. The van der Waals surface area contributed by atoms with Crippen molar-refractivity contribution in [3.8, 4) is 11.5 Å². The molecule has 0 aliphatic heterocycles. The van der Waals surface area contributed by atoms with Gasteiger partial charge in [-0.15, -0.1) is 0 Å². The van der Waals surface area contributed by atoms with E-state index in [9.17, 15) is 4.79 Å². The number of methoxy groups -OCH3 is 2. The minimum Gasteiger partial charge on any atom is -0.493 e. The van der Waals surface area contributed by atoms with Crippen molar-refractivity contribution in [2.45, 2.75) is 6.42 Å². The van der Waals surface area contributed by atoms with Gasteiger partial charge in [0.1, 0.15) is 0 Å². The van der Waals surface area contributed by atoms with Crippen LogP contribution in [0.4, 0.5) is 0 Å². The maximum absolute atomic E-state index is 11.3. The molecular formula is C16H17NO4. The molecule has 0 aliphatic carbocycles. The molecule has 0 radical (unpaired) electrons. The van der Waals surface area contributed by atoms with Crippen LogP contribution >= 0.6 is 0 Å². The van der Waals surface area contributed by atoms with Gasteiger partial charge in [0.25, 0.3) is 0 Å². The minimum atomic E-state index is -0.548. The van der Waals surface area contributed by atoms with Crippen molar-refractivity contribution in [3.63, 3.8) is 0 Å². The summed E-state index contributed by atoms with van der Waals surface area (Å²) in [4.78, 5) is 15.4. The second-order valence-electron chi connectivity index (χ2n) is 4.47. The van der Waals surface area contributed by atoms with E-state index in [0.29, 0.717) is 17.1 Å². The van der Waals surface area contributed by atoms with E-state index >= 15 is 0 Å². The van der Waals surface area contributed by atoms with Gasteiger partial charge in [0.05, 0.1) is 19.8 Å². The van der Waals surface area contributed by atoms with Crippen molar-refractivity contribution in [1.29, 1.82) is 0 Å². The first-order valence-corrected chi connectivity index (χ1v) is 6.39. The molecule has 2 N–H and O–H groups in total. The van der Waals surface area contributed by atoms with Crippen LogP contribution in [0.25, 0.3) is 0 Å². The molecule has 5 heteroatoms. The van der Waals surface area contributed by atoms with Gasteiger partial charge in [-0.3, -0.25) is 0 Å². The second kappa shape index (κ2) is 6.76. The van der Waals surface area contributed by atoms with Crippen LogP contribution in [0.15, 0.2) is 42.5 Å². The normalized spacial score (nSPS) is 10.0. The Morgan fingerprint density at radius 3 is 2.14 bits per heavy atom. The Labute approximate surface area is 123 Å². The molecule has 0 aromatic heterocycles. The number of carbonyl (C=O) groups excluding carboxylic acids is 1. The first kappa shape index (κ1) is 14.9. The van der Waals surface area contributed by atoms with Crippen molar-refractivity contribution in [3.05, 3.63) is 59.2 Å². The lowest BCUT2D eigenvalue weighted by molar-refractivity contribution is 0.0503. The first-order chi connectivity index (χ1) is 10.2. The molecule has 21 heavy (non-hydrogen) atoms. The Morgan fingerprint density at radius 2 is 1.57 bits per heavy atom. The third-order valence-electron chi connectivity index (χ3n) is 3.15. The van der Waals surface area contributed by atoms with E-state index in [4.69, 9.17) is 15.4 Å². The van der Waals surface area contributed by atoms with Gasteiger partial charge >= 0.3 is 5.97 Å². The molecule has 0 atom stereocenters. The SMILES string of the molecule is COc1ccc(Cc2ccc(C(=O)ON)cc2)cc1OC. The molecule has 0 fully saturated rings. The summed E-state index contributed by atoms with van der Waals surface area (Å²) in [7, 11) is 3.21. The summed E-state index contributed by atoms with van der Waals surface area (Å²) < 4.78 is 10.5. The molecule has 0 amide bonds. The quantitative estimate of drug-likeness (QED) is 0.855. The van der Waals surface area contributed by atoms with E-state index in [0.717, 1.165) is 17.5 Å². The number of ether oxygens (including phenoxy) is 2. The van der Waals surface area contributed by atoms with Gasteiger partial charge in [-0.1, -0.05) is 18.2 Å². The molecule has 0 bridgehead atoms. The van der Waals surface area contributed by atoms with Gasteiger partial charge in [-0.25, -0.2) is 4.79 Å². The molecule has 0 unspecified atom stereocenters. The minimum absolute atomic E-state index is 0.425. The lowest BCUT2D eigenvalue weighted by Crippen LogP contribution is -2.09. The zero-order valence-electron chi connectivity index (χ0n) is 12.0. The Hall–Kier alpha value is -2.53. The molecule has 2 aromatic rings. The van der Waals surface area contributed by atoms with Crippen molar-refractivity contribution >= 4 is 5.97 Å². The van der Waals surface area contributed by atoms with Crippen LogP contribution in [0.3, 0.4) is 0 Å². The lowest BCUT2D eigenvalue weighted by Gasteiger charge is -2.09. The summed E-state index contributed by atoms with van der Waals surface area (Å²) in [5.41, 5.74) is 2.58. The third kappa shape index (κ3) is 3.52. The highest BCUT2D eigenvalue weighted by atomic mass is 16.7. The topological polar surface area (TPSA) is 70.8 Å². The number of hydrogen-bond acceptors (Lipinski definition) is 5. The fourth-order valence-electron chi connectivity index (χ4n) is 2.05. The summed E-state index contributed by atoms with van der Waals surface area (Å²) in [6, 6.07) is 12.9. The van der Waals surface area contributed by atoms with Crippen LogP contribution in [-0.2, 0) is 11.3 Å². The van der Waals surface area contributed by atoms with Gasteiger partial charge in [-0.05, 0) is 41.8 Å². The van der Waals surface area contributed by atoms with Crippen LogP contribution in [0.2, 0.25) is 0 Å². The molecule has 110 valence electrons. The monoisotopic (exact) mass is 287 g/mol. The highest BCUT2D eigenvalue weighted by Gasteiger charge is 2.07. The van der Waals surface area contributed by atoms with E-state index in [1.165, 1.54) is 0 Å². The smallest absolute Gasteiger partial charge is 0.356 e. The van der Waals surface area contributed by atoms with Crippen LogP contribution in [0.5, 0.6) is 11.5 Å². The van der Waals surface area contributed by atoms with Crippen molar-refractivity contribution in [1.82, 2.24) is 0 Å². The van der Waals surface area contributed by atoms with Crippen molar-refractivity contribution in [2.24, 2.45) is 5.90 Å². The number of nitrogens with two attached hydrogens (primary N) is 1. The van der Waals surface area contributed by atoms with E-state index in [-0.39, 0.29) is 0 Å². The molecule has 0 heterocycles. The highest BCUT2D eigenvalue weighted by Crippen LogP contribution is 2.28. The van der Waals surface area contributed by atoms with Gasteiger partial charge in [0.2, 0.25) is 0 Å². The lowest BCUT2D eigenvalue weighted by atomic mass is 10.0. The van der Waals surface area contributed by atoms with Crippen LogP contribution < -0.4 is 15.4 Å². The van der Waals surface area contributed by atoms with Gasteiger partial charge < -0.3 is 14.3 Å². The molecule has 0 aliphatic rings. The van der Waals surface area contributed by atoms with E-state index < -0.39 is 5.97 Å². The number of benzene rings is 2. The highest BCUT2D eigenvalue weighted by molar-refractivity contribution is 5.89.